The van der Waals surface area contributed by atoms with Crippen LogP contribution in [-0.4, -0.2) is 40.8 Å². The Hall–Kier alpha value is -2.13. The highest BCUT2D eigenvalue weighted by molar-refractivity contribution is 5.88. The average molecular weight is 299 g/mol. The molecule has 4 heteroatoms. The molecule has 1 fully saturated rings. The molecule has 4 nitrogen and oxygen atoms in total. The number of β-lactam (4-membered cyclic amide) rings is 1. The summed E-state index contributed by atoms with van der Waals surface area (Å²) < 4.78 is 5.50. The molecule has 22 heavy (non-hydrogen) atoms. The lowest BCUT2D eigenvalue weighted by atomic mass is 9.88. The maximum atomic E-state index is 12.3. The SMILES string of the molecule is C=C=C(C)[C@@H](O)[C@H]1[C@@H](OCC=C)C(=O)N1Cc1ccccc1. The second-order valence-corrected chi connectivity index (χ2v) is 5.29. The van der Waals surface area contributed by atoms with E-state index in [4.69, 9.17) is 4.74 Å². The molecular formula is C18H21NO3. The molecule has 1 N–H and O–H groups in total. The molecule has 1 aliphatic rings. The topological polar surface area (TPSA) is 49.8 Å². The van der Waals surface area contributed by atoms with Crippen LogP contribution in [0.5, 0.6) is 0 Å². The smallest absolute Gasteiger partial charge is 0.254 e. The zero-order valence-electron chi connectivity index (χ0n) is 12.7. The molecule has 0 bridgehead atoms. The summed E-state index contributed by atoms with van der Waals surface area (Å²) in [5.74, 6) is -0.119. The zero-order valence-corrected chi connectivity index (χ0v) is 12.7. The summed E-state index contributed by atoms with van der Waals surface area (Å²) in [6, 6.07) is 9.24. The van der Waals surface area contributed by atoms with Crippen LogP contribution in [0.2, 0.25) is 0 Å². The quantitative estimate of drug-likeness (QED) is 0.476. The summed E-state index contributed by atoms with van der Waals surface area (Å²) in [5, 5.41) is 10.4. The summed E-state index contributed by atoms with van der Waals surface area (Å²) in [4.78, 5) is 13.9. The summed E-state index contributed by atoms with van der Waals surface area (Å²) >= 11 is 0. The Kier molecular flexibility index (Phi) is 5.34. The molecule has 1 saturated heterocycles. The predicted molar refractivity (Wildman–Crippen MR) is 85.1 cm³/mol. The van der Waals surface area contributed by atoms with E-state index in [1.807, 2.05) is 30.3 Å². The number of hydrogen-bond acceptors (Lipinski definition) is 3. The molecule has 0 unspecified atom stereocenters. The number of benzene rings is 1. The minimum absolute atomic E-state index is 0.119. The van der Waals surface area contributed by atoms with Gasteiger partial charge in [0.1, 0.15) is 6.10 Å². The largest absolute Gasteiger partial charge is 0.386 e. The van der Waals surface area contributed by atoms with E-state index >= 15 is 0 Å². The van der Waals surface area contributed by atoms with E-state index in [2.05, 4.69) is 18.9 Å². The van der Waals surface area contributed by atoms with Crippen LogP contribution < -0.4 is 0 Å². The molecule has 0 aromatic heterocycles. The number of amides is 1. The van der Waals surface area contributed by atoms with Crippen molar-refractivity contribution >= 4 is 5.91 Å². The maximum absolute atomic E-state index is 12.3. The maximum Gasteiger partial charge on any atom is 0.254 e. The van der Waals surface area contributed by atoms with Gasteiger partial charge in [-0.1, -0.05) is 43.0 Å². The summed E-state index contributed by atoms with van der Waals surface area (Å²) in [7, 11) is 0. The molecule has 0 radical (unpaired) electrons. The van der Waals surface area contributed by atoms with E-state index < -0.39 is 18.2 Å². The number of carbonyl (C=O) groups is 1. The van der Waals surface area contributed by atoms with Crippen LogP contribution in [0.1, 0.15) is 12.5 Å². The molecule has 1 aromatic carbocycles. The highest BCUT2D eigenvalue weighted by Crippen LogP contribution is 2.30. The van der Waals surface area contributed by atoms with Crippen molar-refractivity contribution in [1.29, 1.82) is 0 Å². The van der Waals surface area contributed by atoms with Crippen molar-refractivity contribution in [2.75, 3.05) is 6.61 Å². The first-order valence-corrected chi connectivity index (χ1v) is 7.21. The van der Waals surface area contributed by atoms with Crippen LogP contribution in [0.25, 0.3) is 0 Å². The summed E-state index contributed by atoms with van der Waals surface area (Å²) in [5.41, 5.74) is 4.30. The second kappa shape index (κ2) is 7.23. The van der Waals surface area contributed by atoms with Gasteiger partial charge in [-0.25, -0.2) is 0 Å². The van der Waals surface area contributed by atoms with Gasteiger partial charge in [0, 0.05) is 6.54 Å². The minimum Gasteiger partial charge on any atom is -0.386 e. The van der Waals surface area contributed by atoms with Gasteiger partial charge in [-0.05, 0) is 18.1 Å². The molecule has 0 aliphatic carbocycles. The van der Waals surface area contributed by atoms with Gasteiger partial charge < -0.3 is 14.7 Å². The van der Waals surface area contributed by atoms with Crippen LogP contribution in [0, 0.1) is 0 Å². The Morgan fingerprint density at radius 1 is 1.50 bits per heavy atom. The lowest BCUT2D eigenvalue weighted by Crippen LogP contribution is -2.69. The molecule has 2 rings (SSSR count). The van der Waals surface area contributed by atoms with Crippen LogP contribution in [-0.2, 0) is 16.1 Å². The van der Waals surface area contributed by atoms with E-state index in [0.717, 1.165) is 5.56 Å². The fourth-order valence-electron chi connectivity index (χ4n) is 2.54. The number of nitrogens with zero attached hydrogens (tertiary/aromatic N) is 1. The van der Waals surface area contributed by atoms with Crippen molar-refractivity contribution in [3.63, 3.8) is 0 Å². The fourth-order valence-corrected chi connectivity index (χ4v) is 2.54. The molecule has 1 heterocycles. The number of rotatable bonds is 7. The number of aliphatic hydroxyl groups excluding tert-OH is 1. The van der Waals surface area contributed by atoms with Crippen LogP contribution in [0.15, 0.2) is 60.9 Å². The first-order valence-electron chi connectivity index (χ1n) is 7.21. The predicted octanol–water partition coefficient (Wildman–Crippen LogP) is 2.06. The first-order chi connectivity index (χ1) is 10.6. The first kappa shape index (κ1) is 16.2. The number of carbonyl (C=O) groups excluding carboxylic acids is 1. The molecule has 1 aliphatic heterocycles. The number of aliphatic hydroxyl groups is 1. The fraction of sp³-hybridized carbons (Fsp3) is 0.333. The third kappa shape index (κ3) is 3.20. The van der Waals surface area contributed by atoms with Crippen LogP contribution >= 0.6 is 0 Å². The van der Waals surface area contributed by atoms with Gasteiger partial charge in [-0.2, -0.15) is 0 Å². The van der Waals surface area contributed by atoms with Gasteiger partial charge in [-0.3, -0.25) is 4.79 Å². The number of ether oxygens (including phenoxy) is 1. The Bertz CT molecular complexity index is 590. The second-order valence-electron chi connectivity index (χ2n) is 5.29. The van der Waals surface area contributed by atoms with Crippen molar-refractivity contribution in [3.8, 4) is 0 Å². The van der Waals surface area contributed by atoms with Crippen molar-refractivity contribution in [3.05, 3.63) is 66.4 Å². The Morgan fingerprint density at radius 3 is 2.77 bits per heavy atom. The van der Waals surface area contributed by atoms with E-state index in [1.54, 1.807) is 17.9 Å². The number of hydrogen-bond donors (Lipinski definition) is 1. The summed E-state index contributed by atoms with van der Waals surface area (Å²) in [6.07, 6.45) is 0.0981. The standard InChI is InChI=1S/C18H21NO3/c1-4-11-22-17-15(16(20)13(3)5-2)19(18(17)21)12-14-9-7-6-8-10-14/h4,6-10,15-17,20H,1-2,11-12H2,3H3/t15-,16+,17+/m0/s1. The van der Waals surface area contributed by atoms with Crippen molar-refractivity contribution in [2.45, 2.75) is 31.7 Å². The molecule has 1 amide bonds. The van der Waals surface area contributed by atoms with Crippen molar-refractivity contribution in [2.24, 2.45) is 0 Å². The van der Waals surface area contributed by atoms with Crippen LogP contribution in [0.3, 0.4) is 0 Å². The van der Waals surface area contributed by atoms with Crippen LogP contribution in [0.4, 0.5) is 0 Å². The van der Waals surface area contributed by atoms with Gasteiger partial charge in [0.05, 0.1) is 12.6 Å². The molecule has 0 saturated carbocycles. The third-order valence-corrected chi connectivity index (χ3v) is 3.83. The van der Waals surface area contributed by atoms with Gasteiger partial charge in [0.25, 0.3) is 5.91 Å². The molecule has 116 valence electrons. The minimum atomic E-state index is -0.839. The summed E-state index contributed by atoms with van der Waals surface area (Å²) in [6.45, 7) is 9.60. The monoisotopic (exact) mass is 299 g/mol. The van der Waals surface area contributed by atoms with Gasteiger partial charge in [0.2, 0.25) is 0 Å². The van der Waals surface area contributed by atoms with E-state index in [1.165, 1.54) is 0 Å². The molecular weight excluding hydrogens is 278 g/mol. The lowest BCUT2D eigenvalue weighted by molar-refractivity contribution is -0.182. The molecule has 1 aromatic rings. The van der Waals surface area contributed by atoms with E-state index in [9.17, 15) is 9.90 Å². The van der Waals surface area contributed by atoms with E-state index in [-0.39, 0.29) is 12.5 Å². The highest BCUT2D eigenvalue weighted by atomic mass is 16.5. The Balaban J connectivity index is 2.18. The average Bonchev–Trinajstić information content (AvgIpc) is 2.56. The lowest BCUT2D eigenvalue weighted by Gasteiger charge is -2.48. The molecule has 0 spiro atoms. The number of likely N-dealkylation sites (tertiary alicyclic amines) is 1. The van der Waals surface area contributed by atoms with E-state index in [0.29, 0.717) is 12.1 Å². The third-order valence-electron chi connectivity index (χ3n) is 3.83. The van der Waals surface area contributed by atoms with Gasteiger partial charge in [-0.15, -0.1) is 12.3 Å². The normalized spacial score (nSPS) is 21.7. The molecule has 3 atom stereocenters. The Morgan fingerprint density at radius 2 is 2.18 bits per heavy atom. The highest BCUT2D eigenvalue weighted by Gasteiger charge is 2.51. The zero-order chi connectivity index (χ0) is 16.1. The van der Waals surface area contributed by atoms with Crippen molar-refractivity contribution in [1.82, 2.24) is 4.90 Å². The van der Waals surface area contributed by atoms with Gasteiger partial charge >= 0.3 is 0 Å². The van der Waals surface area contributed by atoms with Crippen molar-refractivity contribution < 1.29 is 14.6 Å². The Labute approximate surface area is 131 Å². The van der Waals surface area contributed by atoms with Gasteiger partial charge in [0.15, 0.2) is 6.10 Å².